The van der Waals surface area contributed by atoms with Crippen LogP contribution in [-0.4, -0.2) is 27.9 Å². The van der Waals surface area contributed by atoms with Crippen molar-refractivity contribution in [3.8, 4) is 0 Å². The van der Waals surface area contributed by atoms with Crippen LogP contribution in [0.25, 0.3) is 0 Å². The van der Waals surface area contributed by atoms with E-state index in [0.717, 1.165) is 47.9 Å². The highest BCUT2D eigenvalue weighted by molar-refractivity contribution is 7.09. The van der Waals surface area contributed by atoms with E-state index in [4.69, 9.17) is 16.6 Å². The van der Waals surface area contributed by atoms with Crippen LogP contribution in [0.3, 0.4) is 0 Å². The first-order valence-corrected chi connectivity index (χ1v) is 13.0. The number of hydrogen-bond donors (Lipinski definition) is 1. The number of rotatable bonds is 8. The summed E-state index contributed by atoms with van der Waals surface area (Å²) < 4.78 is 4.56. The molecule has 2 heterocycles. The molecular weight excluding hydrogens is 476 g/mol. The van der Waals surface area contributed by atoms with Gasteiger partial charge >= 0.3 is 0 Å². The molecule has 2 unspecified atom stereocenters. The van der Waals surface area contributed by atoms with Crippen LogP contribution < -0.4 is 10.2 Å². The van der Waals surface area contributed by atoms with Crippen LogP contribution in [0, 0.1) is 0 Å². The molecule has 2 atom stereocenters. The zero-order valence-electron chi connectivity index (χ0n) is 19.3. The lowest BCUT2D eigenvalue weighted by molar-refractivity contribution is -0.123. The molecule has 4 aromatic rings. The molecule has 0 aliphatic carbocycles. The van der Waals surface area contributed by atoms with Gasteiger partial charge in [-0.2, -0.15) is 4.37 Å². The maximum Gasteiger partial charge on any atom is 0.243 e. The van der Waals surface area contributed by atoms with Gasteiger partial charge in [0, 0.05) is 29.5 Å². The molecule has 0 radical (unpaired) electrons. The number of carbonyl (C=O) groups is 1. The third-order valence-electron chi connectivity index (χ3n) is 6.34. The molecule has 5 nitrogen and oxygen atoms in total. The molecule has 7 heteroatoms. The first kappa shape index (κ1) is 23.5. The molecule has 1 amide bonds. The number of anilines is 1. The highest BCUT2D eigenvalue weighted by atomic mass is 35.5. The first-order valence-electron chi connectivity index (χ1n) is 11.9. The van der Waals surface area contributed by atoms with E-state index in [2.05, 4.69) is 38.9 Å². The second-order valence-electron chi connectivity index (χ2n) is 8.81. The predicted octanol–water partition coefficient (Wildman–Crippen LogP) is 5.85. The van der Waals surface area contributed by atoms with Crippen molar-refractivity contribution in [1.82, 2.24) is 14.7 Å². The molecule has 35 heavy (non-hydrogen) atoms. The van der Waals surface area contributed by atoms with Crippen molar-refractivity contribution in [3.05, 3.63) is 112 Å². The SMILES string of the molecule is O=C(NC(Cc1ccccc1)c1ccccc1)C1CCCN1c1nc(Cc2ccc(Cl)cc2)ns1. The fourth-order valence-electron chi connectivity index (χ4n) is 4.54. The summed E-state index contributed by atoms with van der Waals surface area (Å²) in [5, 5.41) is 4.87. The highest BCUT2D eigenvalue weighted by Crippen LogP contribution is 2.29. The van der Waals surface area contributed by atoms with Crippen LogP contribution in [0.1, 0.15) is 41.4 Å². The average molecular weight is 503 g/mol. The van der Waals surface area contributed by atoms with E-state index in [1.807, 2.05) is 60.7 Å². The predicted molar refractivity (Wildman–Crippen MR) is 142 cm³/mol. The summed E-state index contributed by atoms with van der Waals surface area (Å²) in [6, 6.07) is 27.9. The Kier molecular flexibility index (Phi) is 7.40. The second-order valence-corrected chi connectivity index (χ2v) is 9.98. The molecule has 1 fully saturated rings. The zero-order chi connectivity index (χ0) is 24.0. The summed E-state index contributed by atoms with van der Waals surface area (Å²) in [5.74, 6) is 0.811. The van der Waals surface area contributed by atoms with Crippen molar-refractivity contribution in [1.29, 1.82) is 0 Å². The van der Waals surface area contributed by atoms with E-state index < -0.39 is 0 Å². The summed E-state index contributed by atoms with van der Waals surface area (Å²) in [5.41, 5.74) is 3.41. The van der Waals surface area contributed by atoms with E-state index in [0.29, 0.717) is 11.4 Å². The van der Waals surface area contributed by atoms with Gasteiger partial charge in [-0.3, -0.25) is 4.79 Å². The Morgan fingerprint density at radius 1 is 1.00 bits per heavy atom. The molecule has 1 saturated heterocycles. The normalized spacial score (nSPS) is 16.3. The number of hydrogen-bond acceptors (Lipinski definition) is 5. The fourth-order valence-corrected chi connectivity index (χ4v) is 5.43. The van der Waals surface area contributed by atoms with Gasteiger partial charge in [0.1, 0.15) is 11.9 Å². The smallest absolute Gasteiger partial charge is 0.243 e. The first-order chi connectivity index (χ1) is 17.2. The molecule has 1 N–H and O–H groups in total. The van der Waals surface area contributed by atoms with E-state index >= 15 is 0 Å². The number of aromatic nitrogens is 2. The van der Waals surface area contributed by atoms with Crippen LogP contribution in [-0.2, 0) is 17.6 Å². The lowest BCUT2D eigenvalue weighted by atomic mass is 9.98. The Bertz CT molecular complexity index is 1250. The highest BCUT2D eigenvalue weighted by Gasteiger charge is 2.34. The molecule has 0 saturated carbocycles. The Balaban J connectivity index is 1.30. The number of benzene rings is 3. The van der Waals surface area contributed by atoms with Gasteiger partial charge in [0.15, 0.2) is 0 Å². The third-order valence-corrected chi connectivity index (χ3v) is 7.38. The largest absolute Gasteiger partial charge is 0.347 e. The minimum absolute atomic E-state index is 0.0433. The van der Waals surface area contributed by atoms with Crippen molar-refractivity contribution in [2.75, 3.05) is 11.4 Å². The van der Waals surface area contributed by atoms with Crippen LogP contribution in [0.15, 0.2) is 84.9 Å². The topological polar surface area (TPSA) is 58.1 Å². The molecular formula is C28H27ClN4OS. The Labute approximate surface area is 215 Å². The summed E-state index contributed by atoms with van der Waals surface area (Å²) in [6.45, 7) is 0.808. The Morgan fingerprint density at radius 2 is 1.71 bits per heavy atom. The van der Waals surface area contributed by atoms with Crippen molar-refractivity contribution in [3.63, 3.8) is 0 Å². The van der Waals surface area contributed by atoms with Gasteiger partial charge in [0.05, 0.1) is 6.04 Å². The van der Waals surface area contributed by atoms with Crippen LogP contribution in [0.2, 0.25) is 5.02 Å². The van der Waals surface area contributed by atoms with Crippen LogP contribution >= 0.6 is 23.1 Å². The fraction of sp³-hybridized carbons (Fsp3) is 0.250. The average Bonchev–Trinajstić information content (AvgIpc) is 3.56. The van der Waals surface area contributed by atoms with Crippen LogP contribution in [0.5, 0.6) is 0 Å². The van der Waals surface area contributed by atoms with Gasteiger partial charge < -0.3 is 10.2 Å². The van der Waals surface area contributed by atoms with Crippen molar-refractivity contribution in [2.45, 2.75) is 37.8 Å². The van der Waals surface area contributed by atoms with Gasteiger partial charge in [-0.15, -0.1) is 0 Å². The van der Waals surface area contributed by atoms with Crippen molar-refractivity contribution < 1.29 is 4.79 Å². The standard InChI is InChI=1S/C28H27ClN4OS/c29-23-15-13-21(14-16-23)19-26-31-28(35-32-26)33-17-7-12-25(33)27(34)30-24(22-10-5-2-6-11-22)18-20-8-3-1-4-9-20/h1-6,8-11,13-16,24-25H,7,12,17-19H2,(H,30,34). The van der Waals surface area contributed by atoms with E-state index in [9.17, 15) is 4.79 Å². The molecule has 5 rings (SSSR count). The molecule has 0 spiro atoms. The summed E-state index contributed by atoms with van der Waals surface area (Å²) in [4.78, 5) is 20.4. The number of halogens is 1. The van der Waals surface area contributed by atoms with Gasteiger partial charge in [-0.05, 0) is 48.1 Å². The number of carbonyl (C=O) groups excluding carboxylic acids is 1. The van der Waals surface area contributed by atoms with E-state index in [1.165, 1.54) is 17.1 Å². The number of amides is 1. The third kappa shape index (κ3) is 5.89. The second kappa shape index (κ2) is 11.0. The van der Waals surface area contributed by atoms with E-state index in [-0.39, 0.29) is 18.0 Å². The Hall–Kier alpha value is -3.22. The lowest BCUT2D eigenvalue weighted by Gasteiger charge is -2.26. The maximum atomic E-state index is 13.5. The van der Waals surface area contributed by atoms with Gasteiger partial charge in [0.25, 0.3) is 0 Å². The molecule has 178 valence electrons. The number of nitrogens with one attached hydrogen (secondary N) is 1. The molecule has 3 aromatic carbocycles. The molecule has 1 aliphatic heterocycles. The number of nitrogens with zero attached hydrogens (tertiary/aromatic N) is 3. The zero-order valence-corrected chi connectivity index (χ0v) is 20.9. The van der Waals surface area contributed by atoms with Gasteiger partial charge in [0.2, 0.25) is 11.0 Å². The molecule has 0 bridgehead atoms. The van der Waals surface area contributed by atoms with Crippen molar-refractivity contribution in [2.24, 2.45) is 0 Å². The maximum absolute atomic E-state index is 13.5. The monoisotopic (exact) mass is 502 g/mol. The van der Waals surface area contributed by atoms with Crippen LogP contribution in [0.4, 0.5) is 5.13 Å². The lowest BCUT2D eigenvalue weighted by Crippen LogP contribution is -2.45. The minimum atomic E-state index is -0.242. The quantitative estimate of drug-likeness (QED) is 0.328. The minimum Gasteiger partial charge on any atom is -0.347 e. The summed E-state index contributed by atoms with van der Waals surface area (Å²) >= 11 is 7.36. The molecule has 1 aromatic heterocycles. The molecule has 1 aliphatic rings. The van der Waals surface area contributed by atoms with Gasteiger partial charge in [-0.1, -0.05) is 84.4 Å². The summed E-state index contributed by atoms with van der Waals surface area (Å²) in [6.07, 6.45) is 3.16. The summed E-state index contributed by atoms with van der Waals surface area (Å²) in [7, 11) is 0. The Morgan fingerprint density at radius 3 is 2.46 bits per heavy atom. The van der Waals surface area contributed by atoms with E-state index in [1.54, 1.807) is 0 Å². The van der Waals surface area contributed by atoms with Crippen molar-refractivity contribution >= 4 is 34.2 Å². The van der Waals surface area contributed by atoms with Gasteiger partial charge in [-0.25, -0.2) is 4.98 Å².